The van der Waals surface area contributed by atoms with E-state index in [1.165, 1.54) is 0 Å². The second-order valence-electron chi connectivity index (χ2n) is 2.82. The van der Waals surface area contributed by atoms with Gasteiger partial charge in [0, 0.05) is 12.8 Å². The van der Waals surface area contributed by atoms with Crippen molar-refractivity contribution in [2.75, 3.05) is 18.8 Å². The molecule has 0 aliphatic heterocycles. The molecule has 0 unspecified atom stereocenters. The van der Waals surface area contributed by atoms with Crippen molar-refractivity contribution in [1.29, 1.82) is 0 Å². The molecule has 0 aliphatic rings. The van der Waals surface area contributed by atoms with Gasteiger partial charge >= 0.3 is 0 Å². The maximum atomic E-state index is 9.87. The Hall–Kier alpha value is -0.420. The van der Waals surface area contributed by atoms with Crippen LogP contribution in [0.3, 0.4) is 0 Å². The van der Waals surface area contributed by atoms with E-state index in [1.807, 2.05) is 0 Å². The van der Waals surface area contributed by atoms with Crippen LogP contribution in [0.15, 0.2) is 0 Å². The van der Waals surface area contributed by atoms with Gasteiger partial charge in [0.2, 0.25) is 0 Å². The number of aldehydes is 1. The maximum Gasteiger partial charge on any atom is 0.120 e. The van der Waals surface area contributed by atoms with Gasteiger partial charge in [0.05, 0.1) is 0 Å². The molecule has 0 aromatic carbocycles. The van der Waals surface area contributed by atoms with E-state index in [0.29, 0.717) is 12.8 Å². The van der Waals surface area contributed by atoms with Gasteiger partial charge in [-0.2, -0.15) is 10.0 Å². The van der Waals surface area contributed by atoms with Crippen LogP contribution < -0.4 is 0 Å². The highest BCUT2D eigenvalue weighted by Gasteiger charge is 1.94. The summed E-state index contributed by atoms with van der Waals surface area (Å²) >= 11 is 0. The van der Waals surface area contributed by atoms with Crippen molar-refractivity contribution in [3.63, 3.8) is 0 Å². The Morgan fingerprint density at radius 3 is 2.40 bits per heavy atom. The zero-order chi connectivity index (χ0) is 8.04. The van der Waals surface area contributed by atoms with E-state index in [-0.39, 0.29) is 0 Å². The minimum absolute atomic E-state index is 0.572. The Kier molecular flexibility index (Phi) is 4.22. The van der Waals surface area contributed by atoms with E-state index >= 15 is 0 Å². The largest absolute Gasteiger partial charge is 0.303 e. The molecule has 0 saturated carbocycles. The number of hydrogen-bond acceptors (Lipinski definition) is 1. The molecular weight excluding hydrogens is 144 g/mol. The van der Waals surface area contributed by atoms with E-state index < -0.39 is 10.0 Å². The van der Waals surface area contributed by atoms with Gasteiger partial charge in [0.25, 0.3) is 0 Å². The van der Waals surface area contributed by atoms with Crippen LogP contribution >= 0.6 is 10.0 Å². The lowest BCUT2D eigenvalue weighted by Gasteiger charge is -2.14. The number of carbonyl (C=O) groups is 1. The molecule has 0 spiro atoms. The molecule has 0 saturated heterocycles. The summed E-state index contributed by atoms with van der Waals surface area (Å²) in [5.74, 6) is 2.98. The molecule has 0 fully saturated rings. The summed E-state index contributed by atoms with van der Waals surface area (Å²) in [6.45, 7) is 0. The van der Waals surface area contributed by atoms with Gasteiger partial charge in [0.15, 0.2) is 0 Å². The Morgan fingerprint density at radius 1 is 1.40 bits per heavy atom. The second-order valence-corrected chi connectivity index (χ2v) is 6.70. The van der Waals surface area contributed by atoms with E-state index in [9.17, 15) is 4.79 Å². The van der Waals surface area contributed by atoms with E-state index in [2.05, 4.69) is 29.9 Å². The number of carbonyl (C=O) groups excluding carboxylic acids is 1. The molecule has 0 N–H and O–H groups in total. The highest BCUT2D eigenvalue weighted by molar-refractivity contribution is 8.35. The molecule has 10 heavy (non-hydrogen) atoms. The SMILES string of the molecule is CS(C)(C)C#CCCC=O. The van der Waals surface area contributed by atoms with E-state index in [0.717, 1.165) is 6.29 Å². The zero-order valence-electron chi connectivity index (χ0n) is 6.81. The van der Waals surface area contributed by atoms with Crippen LogP contribution in [0.1, 0.15) is 12.8 Å². The molecule has 0 radical (unpaired) electrons. The van der Waals surface area contributed by atoms with Crippen LogP contribution in [0, 0.1) is 11.2 Å². The number of unbranched alkanes of at least 4 members (excludes halogenated alkanes) is 1. The van der Waals surface area contributed by atoms with E-state index in [4.69, 9.17) is 0 Å². The van der Waals surface area contributed by atoms with Crippen LogP contribution in [-0.2, 0) is 4.79 Å². The molecule has 0 aromatic rings. The molecule has 0 aliphatic carbocycles. The predicted molar refractivity (Wildman–Crippen MR) is 48.4 cm³/mol. The molecule has 2 heteroatoms. The molecule has 0 rings (SSSR count). The molecule has 58 valence electrons. The van der Waals surface area contributed by atoms with Crippen LogP contribution in [0.2, 0.25) is 0 Å². The fraction of sp³-hybridized carbons (Fsp3) is 0.625. The molecular formula is C8H14OS. The normalized spacial score (nSPS) is 11.5. The van der Waals surface area contributed by atoms with Crippen molar-refractivity contribution in [3.05, 3.63) is 0 Å². The minimum atomic E-state index is -0.682. The fourth-order valence-corrected chi connectivity index (χ4v) is 0.934. The third-order valence-corrected chi connectivity index (χ3v) is 1.52. The molecule has 0 bridgehead atoms. The van der Waals surface area contributed by atoms with Crippen LogP contribution in [0.4, 0.5) is 0 Å². The highest BCUT2D eigenvalue weighted by atomic mass is 32.3. The maximum absolute atomic E-state index is 9.87. The third-order valence-electron chi connectivity index (χ3n) is 0.766. The van der Waals surface area contributed by atoms with Gasteiger partial charge < -0.3 is 4.79 Å². The molecule has 0 amide bonds. The standard InChI is InChI=1S/C8H14OS/c1-10(2,3)8-6-4-5-7-9/h7H,4-5H2,1-3H3. The average molecular weight is 158 g/mol. The first-order chi connectivity index (χ1) is 4.56. The smallest absolute Gasteiger partial charge is 0.120 e. The van der Waals surface area contributed by atoms with Crippen LogP contribution in [0.25, 0.3) is 0 Å². The molecule has 0 aromatic heterocycles. The van der Waals surface area contributed by atoms with Gasteiger partial charge in [0.1, 0.15) is 6.29 Å². The van der Waals surface area contributed by atoms with Crippen molar-refractivity contribution in [3.8, 4) is 11.2 Å². The first-order valence-electron chi connectivity index (χ1n) is 3.18. The quantitative estimate of drug-likeness (QED) is 0.339. The van der Waals surface area contributed by atoms with Gasteiger partial charge in [-0.05, 0) is 18.8 Å². The first kappa shape index (κ1) is 9.58. The number of hydrogen-bond donors (Lipinski definition) is 0. The lowest BCUT2D eigenvalue weighted by atomic mass is 10.3. The second kappa shape index (κ2) is 4.40. The molecule has 0 atom stereocenters. The van der Waals surface area contributed by atoms with Gasteiger partial charge in [-0.15, -0.1) is 0 Å². The van der Waals surface area contributed by atoms with Crippen molar-refractivity contribution < 1.29 is 4.79 Å². The van der Waals surface area contributed by atoms with Crippen molar-refractivity contribution in [2.45, 2.75) is 12.8 Å². The zero-order valence-corrected chi connectivity index (χ0v) is 7.62. The highest BCUT2D eigenvalue weighted by Crippen LogP contribution is 2.32. The van der Waals surface area contributed by atoms with Crippen molar-refractivity contribution in [1.82, 2.24) is 0 Å². The lowest BCUT2D eigenvalue weighted by molar-refractivity contribution is -0.107. The van der Waals surface area contributed by atoms with Crippen LogP contribution in [0.5, 0.6) is 0 Å². The Labute approximate surface area is 64.5 Å². The fourth-order valence-electron chi connectivity index (χ4n) is 0.399. The summed E-state index contributed by atoms with van der Waals surface area (Å²) in [6, 6.07) is 0. The summed E-state index contributed by atoms with van der Waals surface area (Å²) in [7, 11) is -0.682. The van der Waals surface area contributed by atoms with Gasteiger partial charge in [-0.1, -0.05) is 11.2 Å². The van der Waals surface area contributed by atoms with Gasteiger partial charge in [-0.25, -0.2) is 0 Å². The predicted octanol–water partition coefficient (Wildman–Crippen LogP) is 1.62. The topological polar surface area (TPSA) is 17.1 Å². The first-order valence-corrected chi connectivity index (χ1v) is 6.03. The average Bonchev–Trinajstić information content (AvgIpc) is 1.78. The summed E-state index contributed by atoms with van der Waals surface area (Å²) in [5, 5.41) is 3.13. The Balaban J connectivity index is 3.59. The van der Waals surface area contributed by atoms with Crippen molar-refractivity contribution in [2.24, 2.45) is 0 Å². The van der Waals surface area contributed by atoms with Crippen LogP contribution in [-0.4, -0.2) is 25.1 Å². The lowest BCUT2D eigenvalue weighted by Crippen LogP contribution is -1.84. The van der Waals surface area contributed by atoms with Crippen molar-refractivity contribution >= 4 is 16.3 Å². The summed E-state index contributed by atoms with van der Waals surface area (Å²) in [4.78, 5) is 9.87. The molecule has 1 nitrogen and oxygen atoms in total. The van der Waals surface area contributed by atoms with Gasteiger partial charge in [-0.3, -0.25) is 0 Å². The Bertz CT molecular complexity index is 156. The summed E-state index contributed by atoms with van der Waals surface area (Å²) in [6.07, 6.45) is 8.62. The monoisotopic (exact) mass is 158 g/mol. The Morgan fingerprint density at radius 2 is 2.00 bits per heavy atom. The summed E-state index contributed by atoms with van der Waals surface area (Å²) < 4.78 is 0. The molecule has 0 heterocycles. The minimum Gasteiger partial charge on any atom is -0.303 e. The number of rotatable bonds is 2. The van der Waals surface area contributed by atoms with E-state index in [1.54, 1.807) is 0 Å². The third kappa shape index (κ3) is 7.58. The summed E-state index contributed by atoms with van der Waals surface area (Å²) in [5.41, 5.74) is 0.